The third-order valence-electron chi connectivity index (χ3n) is 6.77. The van der Waals surface area contributed by atoms with E-state index in [9.17, 15) is 13.7 Å². The van der Waals surface area contributed by atoms with E-state index in [1.165, 1.54) is 38.8 Å². The van der Waals surface area contributed by atoms with E-state index in [-0.39, 0.29) is 0 Å². The third kappa shape index (κ3) is 18.9. The van der Waals surface area contributed by atoms with E-state index in [1.54, 1.807) is 0 Å². The van der Waals surface area contributed by atoms with Crippen LogP contribution < -0.4 is 0 Å². The van der Waals surface area contributed by atoms with Crippen LogP contribution in [0.4, 0.5) is 0 Å². The second-order valence-electron chi connectivity index (χ2n) is 12.2. The zero-order chi connectivity index (χ0) is 27.0. The molecule has 0 heterocycles. The lowest BCUT2D eigenvalue weighted by molar-refractivity contribution is -0.890. The van der Waals surface area contributed by atoms with Crippen molar-refractivity contribution in [3.63, 3.8) is 0 Å². The van der Waals surface area contributed by atoms with Gasteiger partial charge in [0.1, 0.15) is 5.78 Å². The van der Waals surface area contributed by atoms with Crippen molar-refractivity contribution in [2.45, 2.75) is 134 Å². The summed E-state index contributed by atoms with van der Waals surface area (Å²) in [4.78, 5) is 12.5. The molecule has 0 aliphatic heterocycles. The van der Waals surface area contributed by atoms with Crippen LogP contribution in [0.25, 0.3) is 0 Å². The Kier molecular flexibility index (Phi) is 18.4. The second-order valence-corrected chi connectivity index (χ2v) is 26.5. The SMILES string of the molecule is CCCCC[N+](C)(C)CCCCCC(=O)CCCC[Si](C[Si](=O)CC)(C[Si](=O)CC)O[Si](C)(C)C. The molecule has 0 fully saturated rings. The Hall–Kier alpha value is 0.0575. The summed E-state index contributed by atoms with van der Waals surface area (Å²) in [5.41, 5.74) is 1.35. The van der Waals surface area contributed by atoms with Crippen LogP contribution in [-0.4, -0.2) is 71.5 Å². The molecule has 206 valence electrons. The monoisotopic (exact) mass is 560 g/mol. The molecule has 0 radical (unpaired) electrons. The van der Waals surface area contributed by atoms with Crippen LogP contribution in [0.2, 0.25) is 49.1 Å². The Balaban J connectivity index is 4.56. The molecule has 0 N–H and O–H groups in total. The molecular formula is C26H58NO4Si4+. The fourth-order valence-corrected chi connectivity index (χ4v) is 24.0. The first-order chi connectivity index (χ1) is 16.3. The molecule has 0 rings (SSSR count). The van der Waals surface area contributed by atoms with Crippen molar-refractivity contribution in [3.05, 3.63) is 0 Å². The highest BCUT2D eigenvalue weighted by Crippen LogP contribution is 2.30. The third-order valence-corrected chi connectivity index (χ3v) is 22.1. The van der Waals surface area contributed by atoms with Crippen molar-refractivity contribution in [1.82, 2.24) is 0 Å². The zero-order valence-electron chi connectivity index (χ0n) is 24.6. The first-order valence-corrected chi connectivity index (χ1v) is 23.9. The topological polar surface area (TPSA) is 60.4 Å². The molecule has 0 aromatic heterocycles. The van der Waals surface area contributed by atoms with Crippen LogP contribution >= 0.6 is 0 Å². The maximum absolute atomic E-state index is 12.6. The Morgan fingerprint density at radius 2 is 1.23 bits per heavy atom. The number of Topliss-reactive ketones (excluding diaryl/α,β-unsaturated/α-hetero) is 1. The van der Waals surface area contributed by atoms with E-state index in [0.717, 1.165) is 36.2 Å². The van der Waals surface area contributed by atoms with E-state index in [1.807, 2.05) is 13.8 Å². The number of hydrogen-bond donors (Lipinski definition) is 0. The fourth-order valence-electron chi connectivity index (χ4n) is 4.82. The molecule has 0 amide bonds. The summed E-state index contributed by atoms with van der Waals surface area (Å²) in [5, 5.41) is 0. The smallest absolute Gasteiger partial charge is 0.275 e. The van der Waals surface area contributed by atoms with Crippen molar-refractivity contribution in [2.75, 3.05) is 27.2 Å². The summed E-state index contributed by atoms with van der Waals surface area (Å²) in [6.45, 7) is 15.2. The number of ketones is 1. The number of nitrogens with zero attached hydrogens (tertiary/aromatic N) is 1. The lowest BCUT2D eigenvalue weighted by atomic mass is 10.1. The van der Waals surface area contributed by atoms with Gasteiger partial charge in [0.05, 0.1) is 27.2 Å². The van der Waals surface area contributed by atoms with Gasteiger partial charge in [-0.1, -0.05) is 33.6 Å². The van der Waals surface area contributed by atoms with Gasteiger partial charge in [-0.2, -0.15) is 0 Å². The molecule has 0 saturated carbocycles. The summed E-state index contributed by atoms with van der Waals surface area (Å²) >= 11 is 0. The normalized spacial score (nSPS) is 12.7. The van der Waals surface area contributed by atoms with Gasteiger partial charge in [-0.25, -0.2) is 0 Å². The molecule has 35 heavy (non-hydrogen) atoms. The van der Waals surface area contributed by atoms with Crippen LogP contribution in [0.3, 0.4) is 0 Å². The molecule has 9 heteroatoms. The average Bonchev–Trinajstić information content (AvgIpc) is 2.75. The Labute approximate surface area is 223 Å². The van der Waals surface area contributed by atoms with Crippen LogP contribution in [0.15, 0.2) is 0 Å². The summed E-state index contributed by atoms with van der Waals surface area (Å²) in [6, 6.07) is 2.31. The van der Waals surface area contributed by atoms with Crippen molar-refractivity contribution < 1.29 is 22.3 Å². The van der Waals surface area contributed by atoms with Crippen LogP contribution in [0.1, 0.15) is 85.0 Å². The maximum atomic E-state index is 12.6. The number of carbonyl (C=O) groups is 1. The number of quaternary nitrogens is 1. The molecule has 0 saturated heterocycles. The van der Waals surface area contributed by atoms with Crippen molar-refractivity contribution >= 4 is 39.8 Å². The van der Waals surface area contributed by atoms with Crippen LogP contribution in [-0.2, 0) is 17.8 Å². The van der Waals surface area contributed by atoms with E-state index >= 15 is 0 Å². The van der Waals surface area contributed by atoms with Gasteiger partial charge >= 0.3 is 0 Å². The largest absolute Gasteiger partial charge is 0.455 e. The van der Waals surface area contributed by atoms with Crippen molar-refractivity contribution in [1.29, 1.82) is 0 Å². The summed E-state index contributed by atoms with van der Waals surface area (Å²) in [7, 11) is -2.87. The summed E-state index contributed by atoms with van der Waals surface area (Å²) in [6.07, 6.45) is 10.4. The van der Waals surface area contributed by atoms with Crippen LogP contribution in [0.5, 0.6) is 0 Å². The minimum atomic E-state index is -2.32. The average molecular weight is 561 g/mol. The highest BCUT2D eigenvalue weighted by molar-refractivity contribution is 6.94. The van der Waals surface area contributed by atoms with E-state index in [0.29, 0.717) is 42.0 Å². The molecule has 0 aliphatic rings. The molecule has 0 aromatic rings. The van der Waals surface area contributed by atoms with Crippen molar-refractivity contribution in [2.24, 2.45) is 0 Å². The highest BCUT2D eigenvalue weighted by atomic mass is 28.5. The number of carbonyl (C=O) groups excluding carboxylic acids is 1. The molecule has 0 bridgehead atoms. The fraction of sp³-hybridized carbons (Fsp3) is 0.962. The predicted octanol–water partition coefficient (Wildman–Crippen LogP) is 7.31. The van der Waals surface area contributed by atoms with Gasteiger partial charge in [0.2, 0.25) is 0 Å². The number of rotatable bonds is 23. The standard InChI is InChI=1S/C26H58NO4Si4/c1-9-12-16-21-27(4,5)22-17-13-14-19-26(28)20-15-18-23-35(24-32(29)10-2,25-33(30)11-3)31-34(6,7)8/h9-25H2,1-8H3/q+1. The molecule has 0 atom stereocenters. The first kappa shape index (κ1) is 35.1. The predicted molar refractivity (Wildman–Crippen MR) is 157 cm³/mol. The van der Waals surface area contributed by atoms with Gasteiger partial charge in [0.15, 0.2) is 16.6 Å². The second kappa shape index (κ2) is 18.3. The lowest BCUT2D eigenvalue weighted by Crippen LogP contribution is -2.50. The molecule has 0 unspecified atom stereocenters. The lowest BCUT2D eigenvalue weighted by Gasteiger charge is -2.37. The van der Waals surface area contributed by atoms with E-state index in [2.05, 4.69) is 40.7 Å². The van der Waals surface area contributed by atoms with Gasteiger partial charge in [-0.05, 0) is 76.3 Å². The quantitative estimate of drug-likeness (QED) is 0.0746. The zero-order valence-corrected chi connectivity index (χ0v) is 28.6. The molecule has 0 spiro atoms. The van der Waals surface area contributed by atoms with Gasteiger partial charge in [-0.15, -0.1) is 0 Å². The number of hydrogen-bond acceptors (Lipinski definition) is 4. The van der Waals surface area contributed by atoms with E-state index in [4.69, 9.17) is 4.12 Å². The molecule has 0 aliphatic carbocycles. The maximum Gasteiger partial charge on any atom is 0.275 e. The highest BCUT2D eigenvalue weighted by Gasteiger charge is 2.42. The van der Waals surface area contributed by atoms with Gasteiger partial charge in [-0.3, -0.25) is 4.79 Å². The first-order valence-electron chi connectivity index (χ1n) is 14.4. The minimum Gasteiger partial charge on any atom is -0.455 e. The Morgan fingerprint density at radius 1 is 0.743 bits per heavy atom. The summed E-state index contributed by atoms with van der Waals surface area (Å²) < 4.78 is 33.1. The van der Waals surface area contributed by atoms with E-state index < -0.39 is 34.0 Å². The Morgan fingerprint density at radius 3 is 1.69 bits per heavy atom. The molecular weight excluding hydrogens is 503 g/mol. The Bertz CT molecular complexity index is 617. The summed E-state index contributed by atoms with van der Waals surface area (Å²) in [5.74, 6) is 0.379. The van der Waals surface area contributed by atoms with Gasteiger partial charge in [0, 0.05) is 24.2 Å². The molecule has 0 aromatic carbocycles. The van der Waals surface area contributed by atoms with Crippen LogP contribution in [0, 0.1) is 0 Å². The van der Waals surface area contributed by atoms with Gasteiger partial charge < -0.3 is 17.5 Å². The molecule has 5 nitrogen and oxygen atoms in total. The minimum absolute atomic E-state index is 0.379. The van der Waals surface area contributed by atoms with Gasteiger partial charge in [0.25, 0.3) is 17.4 Å². The number of unbranched alkanes of at least 4 members (excludes halogenated alkanes) is 5. The van der Waals surface area contributed by atoms with Crippen molar-refractivity contribution in [3.8, 4) is 0 Å².